The predicted molar refractivity (Wildman–Crippen MR) is 72.4 cm³/mol. The molecular formula is C14H25N3O. The van der Waals surface area contributed by atoms with Crippen molar-refractivity contribution in [2.75, 3.05) is 13.2 Å². The Balaban J connectivity index is 1.84. The first-order chi connectivity index (χ1) is 8.70. The maximum absolute atomic E-state index is 5.41. The number of nitrogens with zero attached hydrogens (tertiary/aromatic N) is 2. The molecule has 1 saturated heterocycles. The lowest BCUT2D eigenvalue weighted by molar-refractivity contribution is 0.0557. The fraction of sp³-hybridized carbons (Fsp3) is 0.786. The number of aryl methyl sites for hydroxylation is 2. The van der Waals surface area contributed by atoms with Crippen molar-refractivity contribution in [2.45, 2.75) is 45.7 Å². The number of hydrogen-bond acceptors (Lipinski definition) is 3. The van der Waals surface area contributed by atoms with Crippen molar-refractivity contribution >= 4 is 0 Å². The molecule has 1 aromatic heterocycles. The van der Waals surface area contributed by atoms with Gasteiger partial charge < -0.3 is 10.1 Å². The van der Waals surface area contributed by atoms with Gasteiger partial charge in [0.25, 0.3) is 0 Å². The minimum Gasteiger partial charge on any atom is -0.381 e. The maximum atomic E-state index is 5.41. The molecule has 1 N–H and O–H groups in total. The molecule has 1 fully saturated rings. The molecule has 1 atom stereocenters. The van der Waals surface area contributed by atoms with E-state index in [4.69, 9.17) is 4.74 Å². The quantitative estimate of drug-likeness (QED) is 0.868. The van der Waals surface area contributed by atoms with Gasteiger partial charge in [-0.1, -0.05) is 6.92 Å². The Kier molecular flexibility index (Phi) is 4.78. The van der Waals surface area contributed by atoms with Crippen LogP contribution in [0, 0.1) is 5.92 Å². The first kappa shape index (κ1) is 13.6. The van der Waals surface area contributed by atoms with Crippen molar-refractivity contribution in [3.63, 3.8) is 0 Å². The SMILES string of the molecule is CCc1cc(CNC(C)C2CCOCC2)n(C)n1. The molecular weight excluding hydrogens is 226 g/mol. The van der Waals surface area contributed by atoms with E-state index in [1.165, 1.54) is 24.2 Å². The summed E-state index contributed by atoms with van der Waals surface area (Å²) in [6.07, 6.45) is 3.36. The molecule has 1 aliphatic heterocycles. The van der Waals surface area contributed by atoms with E-state index in [-0.39, 0.29) is 0 Å². The Hall–Kier alpha value is -0.870. The van der Waals surface area contributed by atoms with Gasteiger partial charge in [0, 0.05) is 32.8 Å². The van der Waals surface area contributed by atoms with E-state index in [1.807, 2.05) is 11.7 Å². The summed E-state index contributed by atoms with van der Waals surface area (Å²) < 4.78 is 7.40. The van der Waals surface area contributed by atoms with Crippen LogP contribution in [0.4, 0.5) is 0 Å². The standard InChI is InChI=1S/C14H25N3O/c1-4-13-9-14(17(3)16-13)10-15-11(2)12-5-7-18-8-6-12/h9,11-12,15H,4-8,10H2,1-3H3. The fourth-order valence-electron chi connectivity index (χ4n) is 2.56. The van der Waals surface area contributed by atoms with Gasteiger partial charge in [-0.15, -0.1) is 0 Å². The lowest BCUT2D eigenvalue weighted by atomic mass is 9.93. The van der Waals surface area contributed by atoms with E-state index < -0.39 is 0 Å². The zero-order valence-corrected chi connectivity index (χ0v) is 11.8. The van der Waals surface area contributed by atoms with Crippen molar-refractivity contribution in [1.29, 1.82) is 0 Å². The normalized spacial score (nSPS) is 19.1. The second kappa shape index (κ2) is 6.34. The summed E-state index contributed by atoms with van der Waals surface area (Å²) in [7, 11) is 2.02. The zero-order chi connectivity index (χ0) is 13.0. The summed E-state index contributed by atoms with van der Waals surface area (Å²) in [5, 5.41) is 8.11. The third-order valence-corrected chi connectivity index (χ3v) is 3.97. The summed E-state index contributed by atoms with van der Waals surface area (Å²) in [5.41, 5.74) is 2.44. The smallest absolute Gasteiger partial charge is 0.0625 e. The van der Waals surface area contributed by atoms with Crippen LogP contribution in [0.1, 0.15) is 38.1 Å². The Morgan fingerprint density at radius 1 is 1.50 bits per heavy atom. The van der Waals surface area contributed by atoms with Crippen LogP contribution < -0.4 is 5.32 Å². The van der Waals surface area contributed by atoms with Gasteiger partial charge in [0.15, 0.2) is 0 Å². The molecule has 2 heterocycles. The lowest BCUT2D eigenvalue weighted by Gasteiger charge is -2.28. The van der Waals surface area contributed by atoms with Gasteiger partial charge in [-0.2, -0.15) is 5.10 Å². The first-order valence-electron chi connectivity index (χ1n) is 7.03. The maximum Gasteiger partial charge on any atom is 0.0625 e. The lowest BCUT2D eigenvalue weighted by Crippen LogP contribution is -2.36. The van der Waals surface area contributed by atoms with Gasteiger partial charge in [-0.3, -0.25) is 4.68 Å². The molecule has 4 nitrogen and oxygen atoms in total. The van der Waals surface area contributed by atoms with Gasteiger partial charge >= 0.3 is 0 Å². The molecule has 4 heteroatoms. The van der Waals surface area contributed by atoms with Crippen LogP contribution in [0.5, 0.6) is 0 Å². The van der Waals surface area contributed by atoms with Gasteiger partial charge in [0.2, 0.25) is 0 Å². The van der Waals surface area contributed by atoms with Crippen molar-refractivity contribution < 1.29 is 4.74 Å². The van der Waals surface area contributed by atoms with Gasteiger partial charge in [-0.25, -0.2) is 0 Å². The fourth-order valence-corrected chi connectivity index (χ4v) is 2.56. The summed E-state index contributed by atoms with van der Waals surface area (Å²) in [4.78, 5) is 0. The number of nitrogens with one attached hydrogen (secondary N) is 1. The molecule has 0 aromatic carbocycles. The molecule has 0 bridgehead atoms. The Bertz CT molecular complexity index is 369. The van der Waals surface area contributed by atoms with Crippen molar-refractivity contribution in [1.82, 2.24) is 15.1 Å². The van der Waals surface area contributed by atoms with Crippen LogP contribution in [0.25, 0.3) is 0 Å². The highest BCUT2D eigenvalue weighted by Gasteiger charge is 2.20. The van der Waals surface area contributed by atoms with Crippen LogP contribution in [0.15, 0.2) is 6.07 Å². The second-order valence-corrected chi connectivity index (χ2v) is 5.22. The zero-order valence-electron chi connectivity index (χ0n) is 11.8. The van der Waals surface area contributed by atoms with Gasteiger partial charge in [0.1, 0.15) is 0 Å². The van der Waals surface area contributed by atoms with Gasteiger partial charge in [-0.05, 0) is 38.2 Å². The van der Waals surface area contributed by atoms with Gasteiger partial charge in [0.05, 0.1) is 11.4 Å². The minimum absolute atomic E-state index is 0.550. The highest BCUT2D eigenvalue weighted by Crippen LogP contribution is 2.18. The second-order valence-electron chi connectivity index (χ2n) is 5.22. The number of aromatic nitrogens is 2. The highest BCUT2D eigenvalue weighted by molar-refractivity contribution is 5.10. The minimum atomic E-state index is 0.550. The molecule has 1 aromatic rings. The molecule has 1 unspecified atom stereocenters. The van der Waals surface area contributed by atoms with Crippen LogP contribution in [0.2, 0.25) is 0 Å². The Labute approximate surface area is 110 Å². The molecule has 2 rings (SSSR count). The Morgan fingerprint density at radius 3 is 2.83 bits per heavy atom. The highest BCUT2D eigenvalue weighted by atomic mass is 16.5. The average Bonchev–Trinajstić information content (AvgIpc) is 2.77. The molecule has 18 heavy (non-hydrogen) atoms. The Morgan fingerprint density at radius 2 is 2.22 bits per heavy atom. The third-order valence-electron chi connectivity index (χ3n) is 3.97. The monoisotopic (exact) mass is 251 g/mol. The van der Waals surface area contributed by atoms with Crippen LogP contribution >= 0.6 is 0 Å². The van der Waals surface area contributed by atoms with Crippen molar-refractivity contribution in [3.05, 3.63) is 17.5 Å². The average molecular weight is 251 g/mol. The third kappa shape index (κ3) is 3.33. The first-order valence-corrected chi connectivity index (χ1v) is 7.03. The number of ether oxygens (including phenoxy) is 1. The van der Waals surface area contributed by atoms with Crippen LogP contribution in [-0.2, 0) is 24.8 Å². The van der Waals surface area contributed by atoms with E-state index in [1.54, 1.807) is 0 Å². The number of hydrogen-bond donors (Lipinski definition) is 1. The molecule has 102 valence electrons. The molecule has 0 amide bonds. The molecule has 0 aliphatic carbocycles. The summed E-state index contributed by atoms with van der Waals surface area (Å²) in [5.74, 6) is 0.748. The van der Waals surface area contributed by atoms with E-state index in [2.05, 4.69) is 30.3 Å². The summed E-state index contributed by atoms with van der Waals surface area (Å²) in [6, 6.07) is 2.75. The molecule has 1 aliphatic rings. The molecule has 0 spiro atoms. The topological polar surface area (TPSA) is 39.1 Å². The van der Waals surface area contributed by atoms with Crippen LogP contribution in [0.3, 0.4) is 0 Å². The summed E-state index contributed by atoms with van der Waals surface area (Å²) >= 11 is 0. The summed E-state index contributed by atoms with van der Waals surface area (Å²) in [6.45, 7) is 7.17. The molecule has 0 saturated carbocycles. The van der Waals surface area contributed by atoms with E-state index >= 15 is 0 Å². The predicted octanol–water partition coefficient (Wildman–Crippen LogP) is 1.89. The van der Waals surface area contributed by atoms with Crippen molar-refractivity contribution in [2.24, 2.45) is 13.0 Å². The number of rotatable bonds is 5. The van der Waals surface area contributed by atoms with E-state index in [0.29, 0.717) is 6.04 Å². The largest absolute Gasteiger partial charge is 0.381 e. The van der Waals surface area contributed by atoms with Crippen LogP contribution in [-0.4, -0.2) is 29.0 Å². The van der Waals surface area contributed by atoms with E-state index in [0.717, 1.165) is 32.1 Å². The molecule has 0 radical (unpaired) electrons. The van der Waals surface area contributed by atoms with E-state index in [9.17, 15) is 0 Å². The van der Waals surface area contributed by atoms with Crippen molar-refractivity contribution in [3.8, 4) is 0 Å².